The van der Waals surface area contributed by atoms with Crippen LogP contribution in [0.4, 0.5) is 0 Å². The normalized spacial score (nSPS) is 43.7. The standard InChI is InChI=1S/C14H22N2O/c1-9-8-11(9)16-12(10-4-2-3-5-10)15-14(6-7-14)13(16)17/h9-12,15H,2-8H2,1H3. The Labute approximate surface area is 103 Å². The van der Waals surface area contributed by atoms with Gasteiger partial charge in [0.15, 0.2) is 0 Å². The molecule has 0 aromatic rings. The Morgan fingerprint density at radius 1 is 1.29 bits per heavy atom. The number of rotatable bonds is 2. The van der Waals surface area contributed by atoms with Gasteiger partial charge < -0.3 is 4.90 Å². The first kappa shape index (κ1) is 10.4. The van der Waals surface area contributed by atoms with Crippen molar-refractivity contribution < 1.29 is 4.79 Å². The zero-order chi connectivity index (χ0) is 11.6. The highest BCUT2D eigenvalue weighted by Gasteiger charge is 2.63. The van der Waals surface area contributed by atoms with Gasteiger partial charge in [0.2, 0.25) is 5.91 Å². The molecule has 3 aliphatic carbocycles. The highest BCUT2D eigenvalue weighted by Crippen LogP contribution is 2.50. The molecule has 0 aromatic heterocycles. The van der Waals surface area contributed by atoms with Gasteiger partial charge >= 0.3 is 0 Å². The second kappa shape index (κ2) is 3.25. The molecule has 3 unspecified atom stereocenters. The van der Waals surface area contributed by atoms with Crippen molar-refractivity contribution in [3.8, 4) is 0 Å². The fourth-order valence-corrected chi connectivity index (χ4v) is 3.94. The molecule has 4 aliphatic rings. The van der Waals surface area contributed by atoms with Gasteiger partial charge in [-0.2, -0.15) is 0 Å². The molecule has 94 valence electrons. The first-order valence-corrected chi connectivity index (χ1v) is 7.32. The molecule has 0 aromatic carbocycles. The quantitative estimate of drug-likeness (QED) is 0.791. The van der Waals surface area contributed by atoms with Gasteiger partial charge in [-0.05, 0) is 43.9 Å². The van der Waals surface area contributed by atoms with E-state index in [9.17, 15) is 4.79 Å². The molecular formula is C14H22N2O. The van der Waals surface area contributed by atoms with Crippen molar-refractivity contribution in [2.75, 3.05) is 0 Å². The van der Waals surface area contributed by atoms with E-state index in [-0.39, 0.29) is 5.54 Å². The van der Waals surface area contributed by atoms with Crippen LogP contribution in [0.3, 0.4) is 0 Å². The number of carbonyl (C=O) groups is 1. The average molecular weight is 234 g/mol. The summed E-state index contributed by atoms with van der Waals surface area (Å²) in [7, 11) is 0. The van der Waals surface area contributed by atoms with Gasteiger partial charge in [-0.3, -0.25) is 10.1 Å². The van der Waals surface area contributed by atoms with Crippen molar-refractivity contribution in [1.82, 2.24) is 10.2 Å². The second-order valence-corrected chi connectivity index (χ2v) is 6.71. The molecule has 3 nitrogen and oxygen atoms in total. The fraction of sp³-hybridized carbons (Fsp3) is 0.929. The van der Waals surface area contributed by atoms with E-state index in [0.717, 1.165) is 24.7 Å². The Hall–Kier alpha value is -0.570. The van der Waals surface area contributed by atoms with Crippen LogP contribution in [0.5, 0.6) is 0 Å². The van der Waals surface area contributed by atoms with Gasteiger partial charge in [-0.1, -0.05) is 19.8 Å². The summed E-state index contributed by atoms with van der Waals surface area (Å²) >= 11 is 0. The first-order chi connectivity index (χ1) is 8.21. The van der Waals surface area contributed by atoms with Crippen LogP contribution >= 0.6 is 0 Å². The molecular weight excluding hydrogens is 212 g/mol. The highest BCUT2D eigenvalue weighted by atomic mass is 16.2. The lowest BCUT2D eigenvalue weighted by atomic mass is 10.0. The van der Waals surface area contributed by atoms with Crippen LogP contribution < -0.4 is 5.32 Å². The van der Waals surface area contributed by atoms with Gasteiger partial charge in [0, 0.05) is 6.04 Å². The van der Waals surface area contributed by atoms with Gasteiger partial charge in [0.05, 0.1) is 11.7 Å². The zero-order valence-electron chi connectivity index (χ0n) is 10.6. The average Bonchev–Trinajstić information content (AvgIpc) is 3.13. The smallest absolute Gasteiger partial charge is 0.244 e. The van der Waals surface area contributed by atoms with Crippen molar-refractivity contribution >= 4 is 5.91 Å². The fourth-order valence-electron chi connectivity index (χ4n) is 3.94. The Bertz CT molecular complexity index is 357. The van der Waals surface area contributed by atoms with Crippen molar-refractivity contribution in [2.24, 2.45) is 11.8 Å². The summed E-state index contributed by atoms with van der Waals surface area (Å²) in [6, 6.07) is 0.556. The summed E-state index contributed by atoms with van der Waals surface area (Å²) in [5.41, 5.74) is -0.102. The van der Waals surface area contributed by atoms with E-state index in [1.54, 1.807) is 0 Å². The molecule has 0 radical (unpaired) electrons. The molecule has 3 atom stereocenters. The van der Waals surface area contributed by atoms with Crippen molar-refractivity contribution in [3.05, 3.63) is 0 Å². The van der Waals surface area contributed by atoms with E-state index in [2.05, 4.69) is 17.1 Å². The van der Waals surface area contributed by atoms with Crippen LogP contribution in [0.1, 0.15) is 51.9 Å². The maximum Gasteiger partial charge on any atom is 0.244 e. The number of hydrogen-bond donors (Lipinski definition) is 1. The van der Waals surface area contributed by atoms with Crippen LogP contribution in [0.15, 0.2) is 0 Å². The number of hydrogen-bond acceptors (Lipinski definition) is 2. The van der Waals surface area contributed by atoms with E-state index in [1.807, 2.05) is 0 Å². The number of carbonyl (C=O) groups excluding carboxylic acids is 1. The predicted molar refractivity (Wildman–Crippen MR) is 65.3 cm³/mol. The third-order valence-corrected chi connectivity index (χ3v) is 5.39. The zero-order valence-corrected chi connectivity index (χ0v) is 10.6. The molecule has 3 saturated carbocycles. The number of nitrogens with zero attached hydrogens (tertiary/aromatic N) is 1. The number of amides is 1. The van der Waals surface area contributed by atoms with Gasteiger partial charge in [0.1, 0.15) is 0 Å². The van der Waals surface area contributed by atoms with Gasteiger partial charge in [-0.25, -0.2) is 0 Å². The third kappa shape index (κ3) is 1.41. The predicted octanol–water partition coefficient (Wildman–Crippen LogP) is 1.88. The SMILES string of the molecule is CC1CC1N1C(=O)C2(CC2)NC1C1CCCC1. The van der Waals surface area contributed by atoms with Gasteiger partial charge in [0.25, 0.3) is 0 Å². The van der Waals surface area contributed by atoms with Crippen LogP contribution in [-0.4, -0.2) is 28.6 Å². The monoisotopic (exact) mass is 234 g/mol. The molecule has 1 saturated heterocycles. The molecule has 17 heavy (non-hydrogen) atoms. The van der Waals surface area contributed by atoms with E-state index < -0.39 is 0 Å². The summed E-state index contributed by atoms with van der Waals surface area (Å²) < 4.78 is 0. The van der Waals surface area contributed by atoms with Crippen LogP contribution in [0.2, 0.25) is 0 Å². The van der Waals surface area contributed by atoms with E-state index in [1.165, 1.54) is 32.1 Å². The highest BCUT2D eigenvalue weighted by molar-refractivity contribution is 5.92. The molecule has 4 fully saturated rings. The summed E-state index contributed by atoms with van der Waals surface area (Å²) in [5.74, 6) is 1.90. The molecule has 0 bridgehead atoms. The summed E-state index contributed by atoms with van der Waals surface area (Å²) in [6.45, 7) is 2.28. The molecule has 1 spiro atoms. The third-order valence-electron chi connectivity index (χ3n) is 5.39. The first-order valence-electron chi connectivity index (χ1n) is 7.32. The van der Waals surface area contributed by atoms with Gasteiger partial charge in [-0.15, -0.1) is 0 Å². The largest absolute Gasteiger partial charge is 0.322 e. The lowest BCUT2D eigenvalue weighted by molar-refractivity contribution is -0.132. The maximum absolute atomic E-state index is 12.5. The Kier molecular flexibility index (Phi) is 1.98. The van der Waals surface area contributed by atoms with E-state index in [0.29, 0.717) is 18.1 Å². The molecule has 1 amide bonds. The summed E-state index contributed by atoms with van der Waals surface area (Å²) in [4.78, 5) is 14.8. The molecule has 1 heterocycles. The molecule has 3 heteroatoms. The Morgan fingerprint density at radius 3 is 2.47 bits per heavy atom. The van der Waals surface area contributed by atoms with Crippen LogP contribution in [0, 0.1) is 11.8 Å². The molecule has 4 rings (SSSR count). The summed E-state index contributed by atoms with van der Waals surface area (Å²) in [6.07, 6.45) is 9.11. The van der Waals surface area contributed by atoms with Crippen LogP contribution in [0.25, 0.3) is 0 Å². The molecule has 1 N–H and O–H groups in total. The van der Waals surface area contributed by atoms with E-state index >= 15 is 0 Å². The topological polar surface area (TPSA) is 32.3 Å². The minimum atomic E-state index is -0.102. The van der Waals surface area contributed by atoms with Crippen molar-refractivity contribution in [3.63, 3.8) is 0 Å². The molecule has 1 aliphatic heterocycles. The Morgan fingerprint density at radius 2 is 1.94 bits per heavy atom. The lowest BCUT2D eigenvalue weighted by Gasteiger charge is -2.29. The van der Waals surface area contributed by atoms with Crippen LogP contribution in [-0.2, 0) is 4.79 Å². The summed E-state index contributed by atoms with van der Waals surface area (Å²) in [5, 5.41) is 3.70. The maximum atomic E-state index is 12.5. The second-order valence-electron chi connectivity index (χ2n) is 6.71. The minimum Gasteiger partial charge on any atom is -0.322 e. The minimum absolute atomic E-state index is 0.102. The van der Waals surface area contributed by atoms with Crippen molar-refractivity contribution in [1.29, 1.82) is 0 Å². The Balaban J connectivity index is 1.60. The number of nitrogens with one attached hydrogen (secondary N) is 1. The van der Waals surface area contributed by atoms with Crippen molar-refractivity contribution in [2.45, 2.75) is 69.6 Å². The lowest BCUT2D eigenvalue weighted by Crippen LogP contribution is -2.44. The van der Waals surface area contributed by atoms with E-state index in [4.69, 9.17) is 0 Å².